The van der Waals surface area contributed by atoms with Crippen molar-refractivity contribution in [1.82, 2.24) is 14.9 Å². The number of rotatable bonds is 4. The first-order valence-electron chi connectivity index (χ1n) is 17.8. The summed E-state index contributed by atoms with van der Waals surface area (Å²) in [6.07, 6.45) is 13.3. The average molecular weight is 618 g/mol. The minimum atomic E-state index is -0.371. The van der Waals surface area contributed by atoms with E-state index in [2.05, 4.69) is 46.1 Å². The van der Waals surface area contributed by atoms with Gasteiger partial charge in [0, 0.05) is 37.8 Å². The molecule has 7 rings (SSSR count). The Kier molecular flexibility index (Phi) is 7.39. The maximum Gasteiger partial charge on any atom is 0.302 e. The molecule has 1 aromatic rings. The number of ether oxygens (including phenoxy) is 2. The van der Waals surface area contributed by atoms with Gasteiger partial charge in [0.1, 0.15) is 6.61 Å². The lowest BCUT2D eigenvalue weighted by Crippen LogP contribution is -2.68. The lowest BCUT2D eigenvalue weighted by Gasteiger charge is -2.72. The van der Waals surface area contributed by atoms with E-state index in [9.17, 15) is 9.59 Å². The fraction of sp³-hybridized carbons (Fsp3) is 0.789. The average Bonchev–Trinajstić information content (AvgIpc) is 3.42. The first-order valence-corrected chi connectivity index (χ1v) is 17.8. The van der Waals surface area contributed by atoms with E-state index in [1.54, 1.807) is 6.20 Å². The predicted molar refractivity (Wildman–Crippen MR) is 173 cm³/mol. The van der Waals surface area contributed by atoms with Crippen LogP contribution >= 0.6 is 0 Å². The highest BCUT2D eigenvalue weighted by molar-refractivity contribution is 5.84. The fourth-order valence-corrected chi connectivity index (χ4v) is 13.2. The molecule has 0 aromatic carbocycles. The van der Waals surface area contributed by atoms with Crippen molar-refractivity contribution in [3.63, 3.8) is 0 Å². The molecule has 1 saturated heterocycles. The van der Waals surface area contributed by atoms with Gasteiger partial charge in [-0.1, -0.05) is 39.8 Å². The largest absolute Gasteiger partial charge is 0.465 e. The molecule has 7 heteroatoms. The van der Waals surface area contributed by atoms with Gasteiger partial charge in [-0.3, -0.25) is 19.6 Å². The molecule has 5 fully saturated rings. The molecule has 1 aliphatic heterocycles. The quantitative estimate of drug-likeness (QED) is 0.282. The van der Waals surface area contributed by atoms with Gasteiger partial charge in [0.15, 0.2) is 0 Å². The van der Waals surface area contributed by atoms with Gasteiger partial charge >= 0.3 is 5.97 Å². The molecule has 1 amide bonds. The number of aromatic nitrogens is 2. The Bertz CT molecular complexity index is 1390. The Labute approximate surface area is 270 Å². The summed E-state index contributed by atoms with van der Waals surface area (Å²) in [7, 11) is 0. The summed E-state index contributed by atoms with van der Waals surface area (Å²) >= 11 is 0. The number of esters is 1. The van der Waals surface area contributed by atoms with Gasteiger partial charge in [-0.25, -0.2) is 0 Å². The van der Waals surface area contributed by atoms with Crippen molar-refractivity contribution in [3.8, 4) is 0 Å². The van der Waals surface area contributed by atoms with E-state index >= 15 is 0 Å². The normalized spacial score (nSPS) is 45.3. The number of fused-ring (bicyclic) bond motifs is 8. The second kappa shape index (κ2) is 10.6. The summed E-state index contributed by atoms with van der Waals surface area (Å²) in [6, 6.07) is 0. The molecule has 0 N–H and O–H groups in total. The zero-order valence-electron chi connectivity index (χ0n) is 28.6. The van der Waals surface area contributed by atoms with E-state index in [4.69, 9.17) is 19.4 Å². The summed E-state index contributed by atoms with van der Waals surface area (Å²) in [5.74, 6) is 2.33. The molecule has 6 aliphatic rings. The van der Waals surface area contributed by atoms with Crippen molar-refractivity contribution in [2.75, 3.05) is 32.9 Å². The number of nitrogens with zero attached hydrogens (tertiary/aromatic N) is 3. The number of carbonyl (C=O) groups is 2. The van der Waals surface area contributed by atoms with Crippen LogP contribution in [-0.2, 0) is 30.9 Å². The molecule has 0 unspecified atom stereocenters. The standard InChI is InChI=1S/C38H55N3O4/c1-24(2)26-10-13-38(33(43)41-18-20-44-21-19-41)15-14-36(6)27(31(26)38)8-9-30-34(4)22-28-32(40-17-16-39-28)35(5,23-45-25(3)42)29(34)11-12-37(30,36)7/h16-17,26-27,29-31H,1,8-15,18-23H2,2-7H3/t26-,27+,29+,30+,31+,34-,35-,36+,37+,38-/m0/s1. The number of hydrogen-bond donors (Lipinski definition) is 0. The third-order valence-corrected chi connectivity index (χ3v) is 15.3. The molecule has 0 bridgehead atoms. The zero-order valence-corrected chi connectivity index (χ0v) is 28.6. The lowest BCUT2D eigenvalue weighted by molar-refractivity contribution is -0.229. The highest BCUT2D eigenvalue weighted by atomic mass is 16.5. The Balaban J connectivity index is 1.27. The smallest absolute Gasteiger partial charge is 0.302 e. The molecule has 246 valence electrons. The van der Waals surface area contributed by atoms with Gasteiger partial charge < -0.3 is 14.4 Å². The Hall–Kier alpha value is -2.28. The minimum absolute atomic E-state index is 0.0144. The topological polar surface area (TPSA) is 81.6 Å². The van der Waals surface area contributed by atoms with E-state index in [1.165, 1.54) is 25.3 Å². The third kappa shape index (κ3) is 4.23. The second-order valence-electron chi connectivity index (χ2n) is 17.0. The lowest BCUT2D eigenvalue weighted by atomic mass is 9.32. The highest BCUT2D eigenvalue weighted by Crippen LogP contribution is 2.77. The summed E-state index contributed by atoms with van der Waals surface area (Å²) in [5, 5.41) is 0. The van der Waals surface area contributed by atoms with E-state index < -0.39 is 0 Å². The molecule has 10 atom stereocenters. The second-order valence-corrected chi connectivity index (χ2v) is 17.0. The fourth-order valence-electron chi connectivity index (χ4n) is 13.2. The Morgan fingerprint density at radius 2 is 1.67 bits per heavy atom. The predicted octanol–water partition coefficient (Wildman–Crippen LogP) is 6.55. The van der Waals surface area contributed by atoms with Crippen LogP contribution in [0.4, 0.5) is 0 Å². The SMILES string of the molecule is C=C(C)[C@@H]1CC[C@]2(C(=O)N3CCOCC3)CC[C@]3(C)[C@H](CC[C@@H]4[C@@]5(C)Cc6nccnc6[C@@](C)(COC(C)=O)[C@@H]5CC[C@]43C)[C@@H]12. The summed E-state index contributed by atoms with van der Waals surface area (Å²) in [6.45, 7) is 21.4. The van der Waals surface area contributed by atoms with Crippen molar-refractivity contribution in [2.45, 2.75) is 105 Å². The van der Waals surface area contributed by atoms with Crippen LogP contribution in [0.1, 0.15) is 104 Å². The molecule has 4 saturated carbocycles. The Morgan fingerprint density at radius 1 is 0.933 bits per heavy atom. The number of hydrogen-bond acceptors (Lipinski definition) is 6. The molecule has 5 aliphatic carbocycles. The van der Waals surface area contributed by atoms with Gasteiger partial charge in [-0.15, -0.1) is 0 Å². The minimum Gasteiger partial charge on any atom is -0.465 e. The van der Waals surface area contributed by atoms with Crippen molar-refractivity contribution >= 4 is 11.9 Å². The van der Waals surface area contributed by atoms with Crippen molar-refractivity contribution in [2.24, 2.45) is 51.2 Å². The maximum absolute atomic E-state index is 14.6. The van der Waals surface area contributed by atoms with Gasteiger partial charge in [-0.2, -0.15) is 0 Å². The number of amides is 1. The van der Waals surface area contributed by atoms with Crippen LogP contribution in [0.5, 0.6) is 0 Å². The maximum atomic E-state index is 14.6. The number of carbonyl (C=O) groups excluding carboxylic acids is 2. The van der Waals surface area contributed by atoms with Gasteiger partial charge in [0.05, 0.1) is 30.0 Å². The highest BCUT2D eigenvalue weighted by Gasteiger charge is 2.72. The monoisotopic (exact) mass is 617 g/mol. The molecular formula is C38H55N3O4. The molecule has 0 spiro atoms. The summed E-state index contributed by atoms with van der Waals surface area (Å²) in [4.78, 5) is 38.6. The van der Waals surface area contributed by atoms with Crippen LogP contribution in [0.2, 0.25) is 0 Å². The van der Waals surface area contributed by atoms with E-state index in [0.29, 0.717) is 55.3 Å². The summed E-state index contributed by atoms with van der Waals surface area (Å²) < 4.78 is 11.5. The van der Waals surface area contributed by atoms with Crippen LogP contribution in [0.15, 0.2) is 24.5 Å². The van der Waals surface area contributed by atoms with E-state index in [-0.39, 0.29) is 33.0 Å². The van der Waals surface area contributed by atoms with Crippen LogP contribution < -0.4 is 0 Å². The van der Waals surface area contributed by atoms with Crippen molar-refractivity contribution in [1.29, 1.82) is 0 Å². The molecule has 2 heterocycles. The van der Waals surface area contributed by atoms with E-state index in [0.717, 1.165) is 69.4 Å². The van der Waals surface area contributed by atoms with Crippen molar-refractivity contribution < 1.29 is 19.1 Å². The molecule has 45 heavy (non-hydrogen) atoms. The first-order chi connectivity index (χ1) is 21.3. The molecular weight excluding hydrogens is 562 g/mol. The Morgan fingerprint density at radius 3 is 2.38 bits per heavy atom. The number of morpholine rings is 1. The van der Waals surface area contributed by atoms with Crippen LogP contribution in [0, 0.1) is 51.2 Å². The zero-order chi connectivity index (χ0) is 32.0. The van der Waals surface area contributed by atoms with Crippen LogP contribution in [-0.4, -0.2) is 59.7 Å². The number of allylic oxidation sites excluding steroid dienone is 1. The van der Waals surface area contributed by atoms with Crippen molar-refractivity contribution in [3.05, 3.63) is 35.9 Å². The molecule has 0 radical (unpaired) electrons. The van der Waals surface area contributed by atoms with Gasteiger partial charge in [0.2, 0.25) is 5.91 Å². The first kappa shape index (κ1) is 31.3. The summed E-state index contributed by atoms with van der Waals surface area (Å²) in [5.41, 5.74) is 3.03. The molecule has 1 aromatic heterocycles. The molecule has 7 nitrogen and oxygen atoms in total. The van der Waals surface area contributed by atoms with Gasteiger partial charge in [-0.05, 0) is 111 Å². The third-order valence-electron chi connectivity index (χ3n) is 15.3. The van der Waals surface area contributed by atoms with Crippen LogP contribution in [0.25, 0.3) is 0 Å². The van der Waals surface area contributed by atoms with Crippen LogP contribution in [0.3, 0.4) is 0 Å². The van der Waals surface area contributed by atoms with E-state index in [1.807, 2.05) is 6.20 Å². The van der Waals surface area contributed by atoms with Gasteiger partial charge in [0.25, 0.3) is 0 Å².